The van der Waals surface area contributed by atoms with E-state index in [1.54, 1.807) is 49.9 Å². The normalized spacial score (nSPS) is 12.6. The Labute approximate surface area is 268 Å². The topological polar surface area (TPSA) is 108 Å². The molecule has 3 N–H and O–H groups in total. The Morgan fingerprint density at radius 2 is 1.58 bits per heavy atom. The van der Waals surface area contributed by atoms with E-state index >= 15 is 0 Å². The summed E-state index contributed by atoms with van der Waals surface area (Å²) < 4.78 is 5.54. The van der Waals surface area contributed by atoms with Gasteiger partial charge in [0.1, 0.15) is 23.4 Å². The number of carbonyl (C=O) groups excluding carboxylic acids is 3. The first kappa shape index (κ1) is 35.2. The van der Waals surface area contributed by atoms with Gasteiger partial charge in [-0.2, -0.15) is 0 Å². The lowest BCUT2D eigenvalue weighted by molar-refractivity contribution is -0.142. The Morgan fingerprint density at radius 1 is 0.889 bits per heavy atom. The number of alkyl carbamates (subject to hydrolysis) is 1. The van der Waals surface area contributed by atoms with Gasteiger partial charge in [0.2, 0.25) is 11.8 Å². The fraction of sp³-hybridized carbons (Fsp3) is 0.432. The first-order valence-corrected chi connectivity index (χ1v) is 15.8. The maximum atomic E-state index is 14.7. The van der Waals surface area contributed by atoms with E-state index in [1.807, 2.05) is 62.4 Å². The SMILES string of the molecule is CCCCCCN(C(=O)C(Cc1ccc(O)cc1)NC(=O)OC(C)(C)C)C(C(=O)NCc1ccccc1)c1cc(C)ccc1C. The number of nitrogens with zero attached hydrogens (tertiary/aromatic N) is 1. The molecule has 2 atom stereocenters. The molecule has 0 aliphatic carbocycles. The van der Waals surface area contributed by atoms with Crippen LogP contribution in [-0.4, -0.2) is 46.1 Å². The van der Waals surface area contributed by atoms with Gasteiger partial charge in [0, 0.05) is 19.5 Å². The van der Waals surface area contributed by atoms with Gasteiger partial charge in [0.25, 0.3) is 0 Å². The van der Waals surface area contributed by atoms with Crippen LogP contribution in [0.4, 0.5) is 4.79 Å². The summed E-state index contributed by atoms with van der Waals surface area (Å²) in [5, 5.41) is 15.7. The van der Waals surface area contributed by atoms with E-state index in [0.717, 1.165) is 47.1 Å². The molecule has 2 unspecified atom stereocenters. The summed E-state index contributed by atoms with van der Waals surface area (Å²) >= 11 is 0. The monoisotopic (exact) mass is 615 g/mol. The highest BCUT2D eigenvalue weighted by Gasteiger charge is 2.37. The summed E-state index contributed by atoms with van der Waals surface area (Å²) in [7, 11) is 0. The van der Waals surface area contributed by atoms with Crippen molar-refractivity contribution in [2.24, 2.45) is 0 Å². The minimum atomic E-state index is -1.02. The smallest absolute Gasteiger partial charge is 0.408 e. The second-order valence-corrected chi connectivity index (χ2v) is 12.6. The van der Waals surface area contributed by atoms with Crippen molar-refractivity contribution in [3.8, 4) is 5.75 Å². The summed E-state index contributed by atoms with van der Waals surface area (Å²) in [6, 6.07) is 20.1. The average molecular weight is 616 g/mol. The van der Waals surface area contributed by atoms with Crippen LogP contribution >= 0.6 is 0 Å². The standard InChI is InChI=1S/C37H49N3O5/c1-7-8-9-13-22-40(35(43)32(39-36(44)45-37(4,5)6)24-28-18-20-30(41)21-19-28)33(31-23-26(2)16-17-27(31)3)34(42)38-25-29-14-11-10-12-15-29/h10-12,14-21,23,32-33,41H,7-9,13,22,24-25H2,1-6H3,(H,38,42)(H,39,44). The average Bonchev–Trinajstić information content (AvgIpc) is 2.99. The van der Waals surface area contributed by atoms with Gasteiger partial charge in [-0.05, 0) is 75.4 Å². The van der Waals surface area contributed by atoms with Crippen molar-refractivity contribution < 1.29 is 24.2 Å². The van der Waals surface area contributed by atoms with E-state index in [2.05, 4.69) is 17.6 Å². The van der Waals surface area contributed by atoms with Crippen LogP contribution in [0, 0.1) is 13.8 Å². The highest BCUT2D eigenvalue weighted by Crippen LogP contribution is 2.28. The molecular weight excluding hydrogens is 566 g/mol. The molecule has 0 heterocycles. The Bertz CT molecular complexity index is 1400. The van der Waals surface area contributed by atoms with Crippen LogP contribution in [-0.2, 0) is 27.3 Å². The Hall–Kier alpha value is -4.33. The van der Waals surface area contributed by atoms with E-state index in [9.17, 15) is 19.5 Å². The molecule has 0 aliphatic rings. The second-order valence-electron chi connectivity index (χ2n) is 12.6. The van der Waals surface area contributed by atoms with Crippen LogP contribution in [0.1, 0.15) is 87.2 Å². The molecule has 0 aromatic heterocycles. The highest BCUT2D eigenvalue weighted by molar-refractivity contribution is 5.92. The fourth-order valence-electron chi connectivity index (χ4n) is 5.18. The molecular formula is C37H49N3O5. The number of nitrogens with one attached hydrogen (secondary N) is 2. The van der Waals surface area contributed by atoms with E-state index in [-0.39, 0.29) is 24.0 Å². The molecule has 0 fully saturated rings. The van der Waals surface area contributed by atoms with Crippen molar-refractivity contribution in [2.45, 2.75) is 97.9 Å². The first-order chi connectivity index (χ1) is 21.4. The van der Waals surface area contributed by atoms with Crippen molar-refractivity contribution in [3.05, 3.63) is 101 Å². The van der Waals surface area contributed by atoms with Crippen LogP contribution in [0.3, 0.4) is 0 Å². The number of aryl methyl sites for hydroxylation is 2. The van der Waals surface area contributed by atoms with E-state index in [1.165, 1.54) is 0 Å². The number of benzene rings is 3. The maximum Gasteiger partial charge on any atom is 0.408 e. The number of hydrogen-bond acceptors (Lipinski definition) is 5. The molecule has 3 rings (SSSR count). The van der Waals surface area contributed by atoms with Crippen LogP contribution < -0.4 is 10.6 Å². The summed E-state index contributed by atoms with van der Waals surface area (Å²) in [4.78, 5) is 43.6. The van der Waals surface area contributed by atoms with Crippen LogP contribution in [0.25, 0.3) is 0 Å². The molecule has 3 aromatic carbocycles. The molecule has 45 heavy (non-hydrogen) atoms. The molecule has 0 spiro atoms. The van der Waals surface area contributed by atoms with Crippen LogP contribution in [0.5, 0.6) is 5.75 Å². The molecule has 242 valence electrons. The van der Waals surface area contributed by atoms with Gasteiger partial charge in [0.15, 0.2) is 0 Å². The number of phenolic OH excluding ortho intramolecular Hbond substituents is 1. The van der Waals surface area contributed by atoms with Crippen molar-refractivity contribution in [1.82, 2.24) is 15.5 Å². The van der Waals surface area contributed by atoms with Crippen molar-refractivity contribution >= 4 is 17.9 Å². The van der Waals surface area contributed by atoms with Gasteiger partial charge in [0.05, 0.1) is 0 Å². The summed E-state index contributed by atoms with van der Waals surface area (Å²) in [5.74, 6) is -0.576. The van der Waals surface area contributed by atoms with Gasteiger partial charge in [-0.25, -0.2) is 4.79 Å². The van der Waals surface area contributed by atoms with Gasteiger partial charge < -0.3 is 25.4 Å². The zero-order valence-corrected chi connectivity index (χ0v) is 27.6. The lowest BCUT2D eigenvalue weighted by atomic mass is 9.95. The Balaban J connectivity index is 2.07. The molecule has 3 aromatic rings. The summed E-state index contributed by atoms with van der Waals surface area (Å²) in [6.45, 7) is 12.0. The maximum absolute atomic E-state index is 14.7. The third-order valence-electron chi connectivity index (χ3n) is 7.50. The number of amides is 3. The molecule has 0 saturated carbocycles. The highest BCUT2D eigenvalue weighted by atomic mass is 16.6. The Morgan fingerprint density at radius 3 is 2.22 bits per heavy atom. The summed E-state index contributed by atoms with van der Waals surface area (Å²) in [5.41, 5.74) is 3.52. The zero-order valence-electron chi connectivity index (χ0n) is 27.6. The fourth-order valence-corrected chi connectivity index (χ4v) is 5.18. The molecule has 0 aliphatic heterocycles. The van der Waals surface area contributed by atoms with Gasteiger partial charge in [-0.15, -0.1) is 0 Å². The molecule has 3 amide bonds. The predicted molar refractivity (Wildman–Crippen MR) is 178 cm³/mol. The van der Waals surface area contributed by atoms with Crippen LogP contribution in [0.2, 0.25) is 0 Å². The quantitative estimate of drug-likeness (QED) is 0.171. The van der Waals surface area contributed by atoms with Crippen LogP contribution in [0.15, 0.2) is 72.8 Å². The van der Waals surface area contributed by atoms with Gasteiger partial charge in [-0.3, -0.25) is 9.59 Å². The number of hydrogen-bond donors (Lipinski definition) is 3. The van der Waals surface area contributed by atoms with E-state index in [0.29, 0.717) is 19.5 Å². The predicted octanol–water partition coefficient (Wildman–Crippen LogP) is 6.91. The van der Waals surface area contributed by atoms with Crippen molar-refractivity contribution in [3.63, 3.8) is 0 Å². The lowest BCUT2D eigenvalue weighted by Crippen LogP contribution is -2.54. The lowest BCUT2D eigenvalue weighted by Gasteiger charge is -2.35. The summed E-state index contributed by atoms with van der Waals surface area (Å²) in [6.07, 6.45) is 3.05. The number of rotatable bonds is 14. The number of ether oxygens (including phenoxy) is 1. The molecule has 0 bridgehead atoms. The van der Waals surface area contributed by atoms with Gasteiger partial charge in [-0.1, -0.05) is 92.4 Å². The number of carbonyl (C=O) groups is 3. The molecule has 8 nitrogen and oxygen atoms in total. The third-order valence-corrected chi connectivity index (χ3v) is 7.50. The molecule has 8 heteroatoms. The minimum Gasteiger partial charge on any atom is -0.508 e. The van der Waals surface area contributed by atoms with E-state index in [4.69, 9.17) is 4.74 Å². The molecule has 0 saturated heterocycles. The third kappa shape index (κ3) is 11.3. The van der Waals surface area contributed by atoms with Crippen molar-refractivity contribution in [1.29, 1.82) is 0 Å². The Kier molecular flexibility index (Phi) is 13.0. The largest absolute Gasteiger partial charge is 0.508 e. The number of phenols is 1. The molecule has 0 radical (unpaired) electrons. The number of unbranched alkanes of at least 4 members (excludes halogenated alkanes) is 3. The van der Waals surface area contributed by atoms with Gasteiger partial charge >= 0.3 is 6.09 Å². The first-order valence-electron chi connectivity index (χ1n) is 15.8. The van der Waals surface area contributed by atoms with Crippen molar-refractivity contribution in [2.75, 3.05) is 6.54 Å². The minimum absolute atomic E-state index is 0.101. The zero-order chi connectivity index (χ0) is 33.0. The number of aromatic hydroxyl groups is 1. The van der Waals surface area contributed by atoms with E-state index < -0.39 is 23.8 Å². The second kappa shape index (κ2) is 16.7.